The number of esters is 1. The van der Waals surface area contributed by atoms with Crippen molar-refractivity contribution in [2.75, 3.05) is 13.2 Å². The molecule has 0 radical (unpaired) electrons. The highest BCUT2D eigenvalue weighted by atomic mass is 35.5. The molecule has 6 heteroatoms. The Balaban J connectivity index is 3.73. The third kappa shape index (κ3) is 4.77. The number of aliphatic hydroxyl groups excluding tert-OH is 2. The van der Waals surface area contributed by atoms with Crippen molar-refractivity contribution in [3.05, 3.63) is 0 Å². The maximum Gasteiger partial charge on any atom is 0.342 e. The lowest BCUT2D eigenvalue weighted by atomic mass is 10.4. The Kier molecular flexibility index (Phi) is 4.85. The average Bonchev–Trinajstić information content (AvgIpc) is 1.97. The van der Waals surface area contributed by atoms with Crippen LogP contribution in [0.1, 0.15) is 6.92 Å². The first kappa shape index (κ1) is 12.0. The highest BCUT2D eigenvalue weighted by molar-refractivity contribution is 6.57. The van der Waals surface area contributed by atoms with Gasteiger partial charge in [-0.1, -0.05) is 23.2 Å². The minimum Gasteiger partial charge on any atom is -0.461 e. The molecule has 0 aliphatic heterocycles. The van der Waals surface area contributed by atoms with Gasteiger partial charge in [0.25, 0.3) is 0 Å². The van der Waals surface area contributed by atoms with E-state index in [0.29, 0.717) is 0 Å². The van der Waals surface area contributed by atoms with Crippen LogP contribution in [0.5, 0.6) is 0 Å². The standard InChI is InChI=1S/C6H10Cl2O4/c1-6(7,8)5(11)12-3-4(10)2-9/h4,9-10H,2-3H2,1H3. The number of aliphatic hydroxyl groups is 2. The number of carbonyl (C=O) groups excluding carboxylic acids is 1. The maximum atomic E-state index is 10.8. The Labute approximate surface area is 80.0 Å². The summed E-state index contributed by atoms with van der Waals surface area (Å²) in [6, 6.07) is 0. The molecule has 0 saturated heterocycles. The minimum absolute atomic E-state index is 0.315. The summed E-state index contributed by atoms with van der Waals surface area (Å²) in [5, 5.41) is 17.1. The highest BCUT2D eigenvalue weighted by Gasteiger charge is 2.29. The lowest BCUT2D eigenvalue weighted by Gasteiger charge is -2.13. The van der Waals surface area contributed by atoms with Crippen LogP contribution in [-0.4, -0.2) is 39.8 Å². The monoisotopic (exact) mass is 216 g/mol. The van der Waals surface area contributed by atoms with Gasteiger partial charge in [0.15, 0.2) is 0 Å². The Hall–Kier alpha value is -0.0300. The lowest BCUT2D eigenvalue weighted by Crippen LogP contribution is -2.29. The zero-order valence-corrected chi connectivity index (χ0v) is 7.97. The zero-order valence-electron chi connectivity index (χ0n) is 6.46. The smallest absolute Gasteiger partial charge is 0.342 e. The second kappa shape index (κ2) is 4.87. The summed E-state index contributed by atoms with van der Waals surface area (Å²) >= 11 is 10.7. The molecule has 0 amide bonds. The van der Waals surface area contributed by atoms with E-state index in [0.717, 1.165) is 0 Å². The summed E-state index contributed by atoms with van der Waals surface area (Å²) in [6.07, 6.45) is -1.09. The summed E-state index contributed by atoms with van der Waals surface area (Å²) in [5.41, 5.74) is 0. The Morgan fingerprint density at radius 2 is 2.17 bits per heavy atom. The minimum atomic E-state index is -1.62. The van der Waals surface area contributed by atoms with Gasteiger partial charge in [0, 0.05) is 0 Å². The van der Waals surface area contributed by atoms with E-state index in [2.05, 4.69) is 4.74 Å². The second-order valence-electron chi connectivity index (χ2n) is 2.32. The number of rotatable bonds is 4. The zero-order chi connectivity index (χ0) is 9.78. The van der Waals surface area contributed by atoms with Gasteiger partial charge in [0.2, 0.25) is 4.33 Å². The molecule has 2 N–H and O–H groups in total. The Bertz CT molecular complexity index is 154. The lowest BCUT2D eigenvalue weighted by molar-refractivity contribution is -0.147. The largest absolute Gasteiger partial charge is 0.461 e. The average molecular weight is 217 g/mol. The first-order chi connectivity index (χ1) is 5.38. The van der Waals surface area contributed by atoms with Gasteiger partial charge >= 0.3 is 5.97 Å². The van der Waals surface area contributed by atoms with E-state index < -0.39 is 23.0 Å². The maximum absolute atomic E-state index is 10.8. The van der Waals surface area contributed by atoms with E-state index >= 15 is 0 Å². The summed E-state index contributed by atoms with van der Waals surface area (Å²) in [5.74, 6) is -0.849. The predicted molar refractivity (Wildman–Crippen MR) is 44.2 cm³/mol. The van der Waals surface area contributed by atoms with Crippen LogP contribution < -0.4 is 0 Å². The summed E-state index contributed by atoms with van der Waals surface area (Å²) in [4.78, 5) is 10.8. The molecule has 0 spiro atoms. The SMILES string of the molecule is CC(Cl)(Cl)C(=O)OCC(O)CO. The molecular weight excluding hydrogens is 207 g/mol. The fourth-order valence-corrected chi connectivity index (χ4v) is 0.460. The number of hydrogen-bond donors (Lipinski definition) is 2. The normalized spacial score (nSPS) is 14.1. The third-order valence-electron chi connectivity index (χ3n) is 0.976. The molecule has 0 aliphatic carbocycles. The van der Waals surface area contributed by atoms with Crippen LogP contribution in [0, 0.1) is 0 Å². The van der Waals surface area contributed by atoms with Gasteiger partial charge < -0.3 is 14.9 Å². The van der Waals surface area contributed by atoms with Gasteiger partial charge in [-0.3, -0.25) is 0 Å². The molecule has 12 heavy (non-hydrogen) atoms. The van der Waals surface area contributed by atoms with E-state index in [1.54, 1.807) is 0 Å². The van der Waals surface area contributed by atoms with E-state index in [9.17, 15) is 4.79 Å². The van der Waals surface area contributed by atoms with Gasteiger partial charge in [-0.05, 0) is 6.92 Å². The van der Waals surface area contributed by atoms with Crippen molar-refractivity contribution in [2.45, 2.75) is 17.4 Å². The van der Waals surface area contributed by atoms with Crippen LogP contribution in [0.15, 0.2) is 0 Å². The summed E-state index contributed by atoms with van der Waals surface area (Å²) < 4.78 is 2.83. The van der Waals surface area contributed by atoms with Crippen LogP contribution in [0.3, 0.4) is 0 Å². The van der Waals surface area contributed by atoms with Gasteiger partial charge in [0.05, 0.1) is 6.61 Å². The molecule has 4 nitrogen and oxygen atoms in total. The first-order valence-corrected chi connectivity index (χ1v) is 3.97. The van der Waals surface area contributed by atoms with Crippen molar-refractivity contribution < 1.29 is 19.7 Å². The van der Waals surface area contributed by atoms with Crippen molar-refractivity contribution in [3.63, 3.8) is 0 Å². The number of carbonyl (C=O) groups is 1. The molecule has 0 bridgehead atoms. The summed E-state index contributed by atoms with van der Waals surface area (Å²) in [6.45, 7) is 0.461. The Morgan fingerprint density at radius 1 is 1.67 bits per heavy atom. The van der Waals surface area contributed by atoms with Crippen LogP contribution in [-0.2, 0) is 9.53 Å². The molecule has 1 atom stereocenters. The van der Waals surface area contributed by atoms with E-state index in [-0.39, 0.29) is 6.61 Å². The van der Waals surface area contributed by atoms with Gasteiger partial charge in [-0.25, -0.2) is 4.79 Å². The first-order valence-electron chi connectivity index (χ1n) is 3.22. The molecule has 0 heterocycles. The second-order valence-corrected chi connectivity index (χ2v) is 4.03. The molecule has 0 aromatic rings. The molecule has 0 fully saturated rings. The van der Waals surface area contributed by atoms with Crippen molar-refractivity contribution in [2.24, 2.45) is 0 Å². The molecule has 1 unspecified atom stereocenters. The Morgan fingerprint density at radius 3 is 2.50 bits per heavy atom. The van der Waals surface area contributed by atoms with Crippen molar-refractivity contribution in [1.82, 2.24) is 0 Å². The number of alkyl halides is 2. The van der Waals surface area contributed by atoms with Crippen molar-refractivity contribution in [3.8, 4) is 0 Å². The fraction of sp³-hybridized carbons (Fsp3) is 0.833. The molecule has 0 aromatic heterocycles. The predicted octanol–water partition coefficient (Wildman–Crippen LogP) is 0.0766. The molecule has 0 aromatic carbocycles. The van der Waals surface area contributed by atoms with E-state index in [1.165, 1.54) is 6.92 Å². The number of ether oxygens (including phenoxy) is 1. The van der Waals surface area contributed by atoms with E-state index in [4.69, 9.17) is 33.4 Å². The van der Waals surface area contributed by atoms with Crippen LogP contribution in [0.4, 0.5) is 0 Å². The molecule has 0 saturated carbocycles. The van der Waals surface area contributed by atoms with Crippen LogP contribution in [0.2, 0.25) is 0 Å². The van der Waals surface area contributed by atoms with E-state index in [1.807, 2.05) is 0 Å². The van der Waals surface area contributed by atoms with Crippen LogP contribution >= 0.6 is 23.2 Å². The van der Waals surface area contributed by atoms with Gasteiger partial charge in [0.1, 0.15) is 12.7 Å². The molecule has 0 rings (SSSR count). The van der Waals surface area contributed by atoms with Gasteiger partial charge in [-0.15, -0.1) is 0 Å². The fourth-order valence-electron chi connectivity index (χ4n) is 0.351. The summed E-state index contributed by atoms with van der Waals surface area (Å²) in [7, 11) is 0. The van der Waals surface area contributed by atoms with Crippen molar-refractivity contribution in [1.29, 1.82) is 0 Å². The van der Waals surface area contributed by atoms with Crippen molar-refractivity contribution >= 4 is 29.2 Å². The molecular formula is C6H10Cl2O4. The highest BCUT2D eigenvalue weighted by Crippen LogP contribution is 2.21. The third-order valence-corrected chi connectivity index (χ3v) is 1.28. The van der Waals surface area contributed by atoms with Crippen LogP contribution in [0.25, 0.3) is 0 Å². The number of hydrogen-bond acceptors (Lipinski definition) is 4. The topological polar surface area (TPSA) is 66.8 Å². The molecule has 72 valence electrons. The quantitative estimate of drug-likeness (QED) is 0.516. The number of halogens is 2. The molecule has 0 aliphatic rings. The van der Waals surface area contributed by atoms with Gasteiger partial charge in [-0.2, -0.15) is 0 Å².